The van der Waals surface area contributed by atoms with Crippen molar-refractivity contribution in [1.29, 1.82) is 0 Å². The van der Waals surface area contributed by atoms with Gasteiger partial charge in [-0.2, -0.15) is 0 Å². The van der Waals surface area contributed by atoms with Crippen molar-refractivity contribution in [3.05, 3.63) is 83.4 Å². The lowest BCUT2D eigenvalue weighted by atomic mass is 9.94. The van der Waals surface area contributed by atoms with E-state index in [1.54, 1.807) is 24.3 Å². The van der Waals surface area contributed by atoms with Gasteiger partial charge in [0.05, 0.1) is 6.10 Å². The minimum absolute atomic E-state index is 0.132. The Morgan fingerprint density at radius 1 is 0.968 bits per heavy atom. The maximum Gasteiger partial charge on any atom is 0.119 e. The van der Waals surface area contributed by atoms with Crippen LogP contribution in [0.2, 0.25) is 0 Å². The van der Waals surface area contributed by atoms with Crippen LogP contribution < -0.4 is 10.1 Å². The summed E-state index contributed by atoms with van der Waals surface area (Å²) in [5.74, 6) is 1.04. The highest BCUT2D eigenvalue weighted by molar-refractivity contribution is 5.71. The second-order valence-electron chi connectivity index (χ2n) is 8.01. The third-order valence-corrected chi connectivity index (χ3v) is 5.57. The summed E-state index contributed by atoms with van der Waals surface area (Å²) in [6, 6.07) is 21.4. The molecule has 0 aromatic heterocycles. The molecular formula is C27H33NO3. The van der Waals surface area contributed by atoms with Crippen LogP contribution in [0.25, 0.3) is 11.1 Å². The number of hydrogen-bond acceptors (Lipinski definition) is 4. The molecule has 0 aliphatic carbocycles. The maximum atomic E-state index is 10.4. The maximum absolute atomic E-state index is 10.4. The second kappa shape index (κ2) is 11.0. The summed E-state index contributed by atoms with van der Waals surface area (Å²) < 4.78 is 5.93. The highest BCUT2D eigenvalue weighted by Gasteiger charge is 2.15. The van der Waals surface area contributed by atoms with Crippen molar-refractivity contribution < 1.29 is 14.9 Å². The van der Waals surface area contributed by atoms with Crippen molar-refractivity contribution in [2.24, 2.45) is 0 Å². The normalized spacial score (nSPS) is 13.0. The second-order valence-corrected chi connectivity index (χ2v) is 8.01. The number of rotatable bonds is 10. The first-order chi connectivity index (χ1) is 15.0. The quantitative estimate of drug-likeness (QED) is 0.385. The summed E-state index contributed by atoms with van der Waals surface area (Å²) in [5, 5.41) is 23.1. The van der Waals surface area contributed by atoms with E-state index in [0.717, 1.165) is 24.2 Å². The number of hydrogen-bond donors (Lipinski definition) is 3. The number of aliphatic hydroxyl groups is 1. The Morgan fingerprint density at radius 3 is 2.42 bits per heavy atom. The Labute approximate surface area is 185 Å². The minimum Gasteiger partial charge on any atom is -0.508 e. The minimum atomic E-state index is -0.648. The van der Waals surface area contributed by atoms with Gasteiger partial charge in [-0.05, 0) is 72.4 Å². The molecule has 0 fully saturated rings. The molecule has 3 rings (SSSR count). The van der Waals surface area contributed by atoms with Crippen LogP contribution in [0.3, 0.4) is 0 Å². The zero-order valence-corrected chi connectivity index (χ0v) is 18.6. The Hall–Kier alpha value is -2.82. The van der Waals surface area contributed by atoms with Crippen LogP contribution in [0.15, 0.2) is 66.7 Å². The number of aromatic hydroxyl groups is 1. The SMILES string of the molecule is CCCc1ccccc1-c1ccc(OCCN[C@@H](C)[C@H](O)c2ccc(O)cc2)cc1C. The molecule has 3 N–H and O–H groups in total. The van der Waals surface area contributed by atoms with Crippen LogP contribution in [0.4, 0.5) is 0 Å². The van der Waals surface area contributed by atoms with Crippen LogP contribution in [-0.2, 0) is 6.42 Å². The molecular weight excluding hydrogens is 386 g/mol. The summed E-state index contributed by atoms with van der Waals surface area (Å²) in [4.78, 5) is 0. The molecule has 2 atom stereocenters. The van der Waals surface area contributed by atoms with Crippen molar-refractivity contribution in [2.45, 2.75) is 45.8 Å². The molecule has 0 spiro atoms. The number of phenols is 1. The molecule has 3 aromatic carbocycles. The van der Waals surface area contributed by atoms with Crippen LogP contribution in [-0.4, -0.2) is 29.4 Å². The molecule has 0 radical (unpaired) electrons. The fraction of sp³-hybridized carbons (Fsp3) is 0.333. The van der Waals surface area contributed by atoms with Gasteiger partial charge in [0, 0.05) is 12.6 Å². The molecule has 3 aromatic rings. The average Bonchev–Trinajstić information content (AvgIpc) is 2.77. The molecule has 0 saturated heterocycles. The predicted octanol–water partition coefficient (Wildman–Crippen LogP) is 5.41. The molecule has 31 heavy (non-hydrogen) atoms. The zero-order valence-electron chi connectivity index (χ0n) is 18.6. The van der Waals surface area contributed by atoms with Gasteiger partial charge >= 0.3 is 0 Å². The van der Waals surface area contributed by atoms with Gasteiger partial charge in [0.1, 0.15) is 18.1 Å². The molecule has 164 valence electrons. The first-order valence-corrected chi connectivity index (χ1v) is 11.0. The van der Waals surface area contributed by atoms with Crippen molar-refractivity contribution in [3.63, 3.8) is 0 Å². The smallest absolute Gasteiger partial charge is 0.119 e. The Balaban J connectivity index is 1.53. The highest BCUT2D eigenvalue weighted by Crippen LogP contribution is 2.30. The summed E-state index contributed by atoms with van der Waals surface area (Å²) in [7, 11) is 0. The number of aryl methyl sites for hydroxylation is 2. The van der Waals surface area contributed by atoms with Gasteiger partial charge in [-0.3, -0.25) is 0 Å². The van der Waals surface area contributed by atoms with E-state index in [9.17, 15) is 10.2 Å². The molecule has 0 unspecified atom stereocenters. The lowest BCUT2D eigenvalue weighted by Crippen LogP contribution is -2.35. The Morgan fingerprint density at radius 2 is 1.71 bits per heavy atom. The molecule has 0 aliphatic heterocycles. The van der Waals surface area contributed by atoms with Crippen LogP contribution in [0.1, 0.15) is 43.1 Å². The molecule has 0 aliphatic rings. The molecule has 0 saturated carbocycles. The van der Waals surface area contributed by atoms with Crippen molar-refractivity contribution in [2.75, 3.05) is 13.2 Å². The van der Waals surface area contributed by atoms with Gasteiger partial charge < -0.3 is 20.3 Å². The zero-order chi connectivity index (χ0) is 22.2. The van der Waals surface area contributed by atoms with E-state index in [1.165, 1.54) is 22.3 Å². The third-order valence-electron chi connectivity index (χ3n) is 5.57. The van der Waals surface area contributed by atoms with E-state index in [4.69, 9.17) is 4.74 Å². The van der Waals surface area contributed by atoms with E-state index < -0.39 is 6.10 Å². The molecule has 0 heterocycles. The molecule has 4 heteroatoms. The van der Waals surface area contributed by atoms with Crippen molar-refractivity contribution in [1.82, 2.24) is 5.32 Å². The summed E-state index contributed by atoms with van der Waals surface area (Å²) in [6.07, 6.45) is 1.56. The van der Waals surface area contributed by atoms with E-state index in [0.29, 0.717) is 13.2 Å². The van der Waals surface area contributed by atoms with E-state index in [2.05, 4.69) is 55.6 Å². The topological polar surface area (TPSA) is 61.7 Å². The predicted molar refractivity (Wildman–Crippen MR) is 127 cm³/mol. The summed E-state index contributed by atoms with van der Waals surface area (Å²) in [6.45, 7) is 7.40. The monoisotopic (exact) mass is 419 g/mol. The van der Waals surface area contributed by atoms with Gasteiger partial charge in [0.2, 0.25) is 0 Å². The lowest BCUT2D eigenvalue weighted by Gasteiger charge is -2.21. The molecule has 0 bridgehead atoms. The van der Waals surface area contributed by atoms with Gasteiger partial charge in [-0.15, -0.1) is 0 Å². The fourth-order valence-electron chi connectivity index (χ4n) is 3.83. The van der Waals surface area contributed by atoms with E-state index in [1.807, 2.05) is 13.0 Å². The standard InChI is InChI=1S/C27H33NO3/c1-4-7-21-8-5-6-9-26(21)25-15-14-24(18-19(25)2)31-17-16-28-20(3)27(30)22-10-12-23(29)13-11-22/h5-6,8-15,18,20,27-30H,4,7,16-17H2,1-3H3/t20-,27-/m0/s1. The number of ether oxygens (including phenoxy) is 1. The molecule has 4 nitrogen and oxygen atoms in total. The van der Waals surface area contributed by atoms with Crippen molar-refractivity contribution >= 4 is 0 Å². The Kier molecular flexibility index (Phi) is 8.10. The lowest BCUT2D eigenvalue weighted by molar-refractivity contribution is 0.133. The number of benzene rings is 3. The van der Waals surface area contributed by atoms with Crippen LogP contribution in [0, 0.1) is 6.92 Å². The number of aliphatic hydroxyl groups excluding tert-OH is 1. The highest BCUT2D eigenvalue weighted by atomic mass is 16.5. The first kappa shape index (κ1) is 22.9. The largest absolute Gasteiger partial charge is 0.508 e. The van der Waals surface area contributed by atoms with Crippen LogP contribution in [0.5, 0.6) is 11.5 Å². The number of nitrogens with one attached hydrogen (secondary N) is 1. The Bertz CT molecular complexity index is 968. The third kappa shape index (κ3) is 6.09. The summed E-state index contributed by atoms with van der Waals surface area (Å²) in [5.41, 5.74) is 5.90. The van der Waals surface area contributed by atoms with Gasteiger partial charge in [-0.25, -0.2) is 0 Å². The van der Waals surface area contributed by atoms with Crippen LogP contribution >= 0.6 is 0 Å². The molecule has 0 amide bonds. The number of phenolic OH excluding ortho intramolecular Hbond substituents is 1. The van der Waals surface area contributed by atoms with E-state index >= 15 is 0 Å². The van der Waals surface area contributed by atoms with Gasteiger partial charge in [0.25, 0.3) is 0 Å². The van der Waals surface area contributed by atoms with Crippen molar-refractivity contribution in [3.8, 4) is 22.6 Å². The first-order valence-electron chi connectivity index (χ1n) is 11.0. The van der Waals surface area contributed by atoms with Gasteiger partial charge in [-0.1, -0.05) is 55.8 Å². The summed E-state index contributed by atoms with van der Waals surface area (Å²) >= 11 is 0. The average molecular weight is 420 g/mol. The van der Waals surface area contributed by atoms with Gasteiger partial charge in [0.15, 0.2) is 0 Å². The van der Waals surface area contributed by atoms with E-state index in [-0.39, 0.29) is 11.8 Å². The fourth-order valence-corrected chi connectivity index (χ4v) is 3.83.